The van der Waals surface area contributed by atoms with Crippen molar-refractivity contribution in [1.82, 2.24) is 0 Å². The van der Waals surface area contributed by atoms with Crippen molar-refractivity contribution in [2.75, 3.05) is 0 Å². The minimum atomic E-state index is -1.15. The van der Waals surface area contributed by atoms with Crippen LogP contribution in [0.25, 0.3) is 0 Å². The van der Waals surface area contributed by atoms with Crippen LogP contribution < -0.4 is 0 Å². The predicted molar refractivity (Wildman–Crippen MR) is 97.6 cm³/mol. The molecule has 2 N–H and O–H groups in total. The van der Waals surface area contributed by atoms with Crippen LogP contribution >= 0.6 is 0 Å². The Morgan fingerprint density at radius 2 is 1.12 bits per heavy atom. The van der Waals surface area contributed by atoms with Crippen LogP contribution in [0.3, 0.4) is 0 Å². The van der Waals surface area contributed by atoms with Crippen molar-refractivity contribution >= 4 is 0 Å². The van der Waals surface area contributed by atoms with Gasteiger partial charge in [-0.1, -0.05) is 42.5 Å². The fraction of sp³-hybridized carbons (Fsp3) is 0.182. The summed E-state index contributed by atoms with van der Waals surface area (Å²) in [5, 5.41) is 19.6. The molecule has 0 radical (unpaired) electrons. The average Bonchev–Trinajstić information content (AvgIpc) is 2.64. The van der Waals surface area contributed by atoms with Gasteiger partial charge in [0.25, 0.3) is 0 Å². The quantitative estimate of drug-likeness (QED) is 0.623. The molecule has 0 aromatic heterocycles. The number of benzene rings is 3. The highest BCUT2D eigenvalue weighted by Gasteiger charge is 2.37. The van der Waals surface area contributed by atoms with Gasteiger partial charge in [-0.3, -0.25) is 0 Å². The van der Waals surface area contributed by atoms with Gasteiger partial charge in [0.05, 0.1) is 0 Å². The standard InChI is InChI=1S/C22H20F2O2/c1-13-18(25)11-9-16(20(13)23)22(3,15-7-5-4-6-8-15)17-10-12-19(26)14(2)21(17)24/h4-12,25-26H,1-3H3. The van der Waals surface area contributed by atoms with Crippen LogP contribution in [0.2, 0.25) is 0 Å². The van der Waals surface area contributed by atoms with Crippen molar-refractivity contribution in [2.45, 2.75) is 26.2 Å². The maximum absolute atomic E-state index is 15.1. The molecule has 0 aliphatic carbocycles. The van der Waals surface area contributed by atoms with Gasteiger partial charge in [-0.25, -0.2) is 8.78 Å². The van der Waals surface area contributed by atoms with E-state index in [4.69, 9.17) is 0 Å². The summed E-state index contributed by atoms with van der Waals surface area (Å²) < 4.78 is 30.2. The number of halogens is 2. The molecular formula is C22H20F2O2. The van der Waals surface area contributed by atoms with Gasteiger partial charge in [-0.2, -0.15) is 0 Å². The number of hydrogen-bond acceptors (Lipinski definition) is 2. The molecule has 0 heterocycles. The predicted octanol–water partition coefficient (Wildman–Crippen LogP) is 5.35. The summed E-state index contributed by atoms with van der Waals surface area (Å²) in [5.74, 6) is -1.46. The third-order valence-electron chi connectivity index (χ3n) is 5.14. The summed E-state index contributed by atoms with van der Waals surface area (Å²) in [5.41, 5.74) is 0.284. The second-order valence-corrected chi connectivity index (χ2v) is 6.63. The zero-order valence-electron chi connectivity index (χ0n) is 14.8. The monoisotopic (exact) mass is 354 g/mol. The molecule has 3 aromatic rings. The Morgan fingerprint density at radius 3 is 1.54 bits per heavy atom. The summed E-state index contributed by atoms with van der Waals surface area (Å²) in [6.45, 7) is 4.71. The third-order valence-corrected chi connectivity index (χ3v) is 5.14. The van der Waals surface area contributed by atoms with E-state index in [1.54, 1.807) is 6.92 Å². The number of rotatable bonds is 3. The zero-order valence-corrected chi connectivity index (χ0v) is 14.8. The highest BCUT2D eigenvalue weighted by atomic mass is 19.1. The molecule has 3 aromatic carbocycles. The summed E-state index contributed by atoms with van der Waals surface area (Å²) in [4.78, 5) is 0. The molecule has 0 atom stereocenters. The van der Waals surface area contributed by atoms with Crippen molar-refractivity contribution in [3.05, 3.63) is 94.0 Å². The minimum Gasteiger partial charge on any atom is -0.508 e. The summed E-state index contributed by atoms with van der Waals surface area (Å²) >= 11 is 0. The van der Waals surface area contributed by atoms with E-state index in [1.165, 1.54) is 38.1 Å². The lowest BCUT2D eigenvalue weighted by Crippen LogP contribution is -2.28. The van der Waals surface area contributed by atoms with E-state index in [2.05, 4.69) is 0 Å². The molecule has 0 aliphatic heterocycles. The average molecular weight is 354 g/mol. The zero-order chi connectivity index (χ0) is 19.1. The summed E-state index contributed by atoms with van der Waals surface area (Å²) in [7, 11) is 0. The van der Waals surface area contributed by atoms with Crippen LogP contribution in [0.5, 0.6) is 11.5 Å². The molecule has 2 nitrogen and oxygen atoms in total. The van der Waals surface area contributed by atoms with Gasteiger partial charge in [0.2, 0.25) is 0 Å². The van der Waals surface area contributed by atoms with Gasteiger partial charge in [0, 0.05) is 27.7 Å². The van der Waals surface area contributed by atoms with Gasteiger partial charge in [0.15, 0.2) is 0 Å². The first-order valence-corrected chi connectivity index (χ1v) is 8.31. The first-order chi connectivity index (χ1) is 12.3. The van der Waals surface area contributed by atoms with Crippen LogP contribution in [0.1, 0.15) is 34.7 Å². The molecule has 0 saturated heterocycles. The first-order valence-electron chi connectivity index (χ1n) is 8.31. The van der Waals surface area contributed by atoms with Crippen molar-refractivity contribution < 1.29 is 19.0 Å². The van der Waals surface area contributed by atoms with E-state index in [0.29, 0.717) is 5.56 Å². The normalized spacial score (nSPS) is 11.6. The molecule has 3 rings (SSSR count). The number of hydrogen-bond donors (Lipinski definition) is 2. The smallest absolute Gasteiger partial charge is 0.134 e. The van der Waals surface area contributed by atoms with E-state index in [0.717, 1.165) is 0 Å². The molecule has 0 unspecified atom stereocenters. The van der Waals surface area contributed by atoms with Gasteiger partial charge in [-0.15, -0.1) is 0 Å². The fourth-order valence-corrected chi connectivity index (χ4v) is 3.35. The highest BCUT2D eigenvalue weighted by molar-refractivity contribution is 5.55. The van der Waals surface area contributed by atoms with Crippen LogP contribution in [0.15, 0.2) is 54.6 Å². The van der Waals surface area contributed by atoms with Gasteiger partial charge in [-0.05, 0) is 38.5 Å². The molecule has 26 heavy (non-hydrogen) atoms. The lowest BCUT2D eigenvalue weighted by molar-refractivity contribution is 0.453. The number of phenols is 2. The van der Waals surface area contributed by atoms with Crippen molar-refractivity contribution in [3.8, 4) is 11.5 Å². The lowest BCUT2D eigenvalue weighted by atomic mass is 9.70. The second-order valence-electron chi connectivity index (χ2n) is 6.63. The first kappa shape index (κ1) is 17.9. The number of phenolic OH excluding ortho intramolecular Hbond substituents is 2. The molecule has 0 aliphatic rings. The van der Waals surface area contributed by atoms with E-state index < -0.39 is 17.0 Å². The van der Waals surface area contributed by atoms with Crippen LogP contribution in [0, 0.1) is 25.5 Å². The largest absolute Gasteiger partial charge is 0.508 e. The molecule has 0 saturated carbocycles. The van der Waals surface area contributed by atoms with Gasteiger partial charge in [0.1, 0.15) is 23.1 Å². The Kier molecular flexibility index (Phi) is 4.45. The minimum absolute atomic E-state index is 0.112. The van der Waals surface area contributed by atoms with Gasteiger partial charge >= 0.3 is 0 Å². The lowest BCUT2D eigenvalue weighted by Gasteiger charge is -2.33. The Labute approximate surface area is 151 Å². The molecule has 0 amide bonds. The topological polar surface area (TPSA) is 40.5 Å². The van der Waals surface area contributed by atoms with Gasteiger partial charge < -0.3 is 10.2 Å². The summed E-state index contributed by atoms with van der Waals surface area (Å²) in [6, 6.07) is 14.9. The molecule has 0 fully saturated rings. The fourth-order valence-electron chi connectivity index (χ4n) is 3.35. The van der Waals surface area contributed by atoms with Crippen molar-refractivity contribution in [2.24, 2.45) is 0 Å². The Bertz CT molecular complexity index is 908. The Hall–Kier alpha value is -2.88. The van der Waals surface area contributed by atoms with Crippen LogP contribution in [-0.2, 0) is 5.41 Å². The van der Waals surface area contributed by atoms with Crippen LogP contribution in [-0.4, -0.2) is 10.2 Å². The second kappa shape index (κ2) is 6.45. The maximum Gasteiger partial charge on any atom is 0.134 e. The van der Waals surface area contributed by atoms with Crippen molar-refractivity contribution in [1.29, 1.82) is 0 Å². The van der Waals surface area contributed by atoms with Crippen LogP contribution in [0.4, 0.5) is 8.78 Å². The molecule has 134 valence electrons. The van der Waals surface area contributed by atoms with E-state index >= 15 is 8.78 Å². The summed E-state index contributed by atoms with van der Waals surface area (Å²) in [6.07, 6.45) is 0. The van der Waals surface area contributed by atoms with E-state index in [1.807, 2.05) is 30.3 Å². The molecule has 4 heteroatoms. The van der Waals surface area contributed by atoms with Crippen molar-refractivity contribution in [3.63, 3.8) is 0 Å². The maximum atomic E-state index is 15.1. The third kappa shape index (κ3) is 2.62. The van der Waals surface area contributed by atoms with E-state index in [9.17, 15) is 10.2 Å². The van der Waals surface area contributed by atoms with E-state index in [-0.39, 0.29) is 33.8 Å². The number of aromatic hydroxyl groups is 2. The Morgan fingerprint density at radius 1 is 0.692 bits per heavy atom. The Balaban J connectivity index is 2.40. The highest BCUT2D eigenvalue weighted by Crippen LogP contribution is 2.44. The molecular weight excluding hydrogens is 334 g/mol. The SMILES string of the molecule is Cc1c(O)ccc(C(C)(c2ccccc2)c2ccc(O)c(C)c2F)c1F. The molecule has 0 spiro atoms. The molecule has 0 bridgehead atoms.